The summed E-state index contributed by atoms with van der Waals surface area (Å²) in [6.45, 7) is 9.84. The predicted molar refractivity (Wildman–Crippen MR) is 162 cm³/mol. The average Bonchev–Trinajstić information content (AvgIpc) is 3.23. The minimum atomic E-state index is -4.85. The molecule has 7 N–H and O–H groups in total. The molecule has 0 bridgehead atoms. The zero-order chi connectivity index (χ0) is 33.3. The first kappa shape index (κ1) is 35.6. The summed E-state index contributed by atoms with van der Waals surface area (Å²) >= 11 is 0. The number of fused-ring (bicyclic) bond motifs is 5. The standard InChI is InChI=1S/C32H54O12S/c1-16(2)23(43-29-27(37)26(36)22(35)15-42-29)7-6-17(3)19-13-24(44-45(39,40)41)28-31(19,5)11-9-25-30(4)10-8-18(33)12-20(30)21(34)14-32(25,28)38/h6-7,16-29,33-38H,8-15H2,1-5H3,(H,39,40,41)/b7-6+/t17-,18?,19-,20?,21?,22-,23?,24?,25-,26+,27-,28-,29+,30+,31-,32+/m1/s1. The van der Waals surface area contributed by atoms with Gasteiger partial charge in [-0.1, -0.05) is 46.8 Å². The SMILES string of the molecule is CC(C)C(/C=C/[C@@H](C)[C@H]1CC(OS(=O)(=O)O)[C@@H]2[C@]1(C)CC[C@H]1[C@@]2(O)CC(O)C2CC(O)CC[C@@]21C)O[C@@H]1OC[C@@H](O)[C@H](O)[C@H]1O. The Hall–Kier alpha value is -0.710. The highest BCUT2D eigenvalue weighted by Gasteiger charge is 2.71. The number of aliphatic hydroxyl groups excluding tert-OH is 5. The molecule has 45 heavy (non-hydrogen) atoms. The minimum Gasteiger partial charge on any atom is -0.393 e. The van der Waals surface area contributed by atoms with Gasteiger partial charge < -0.3 is 40.1 Å². The molecule has 0 aromatic heterocycles. The zero-order valence-corrected chi connectivity index (χ0v) is 27.8. The van der Waals surface area contributed by atoms with Crippen molar-refractivity contribution in [1.82, 2.24) is 0 Å². The van der Waals surface area contributed by atoms with Crippen LogP contribution < -0.4 is 0 Å². The summed E-state index contributed by atoms with van der Waals surface area (Å²) in [6, 6.07) is 0. The second-order valence-electron chi connectivity index (χ2n) is 15.6. The van der Waals surface area contributed by atoms with E-state index >= 15 is 0 Å². The maximum absolute atomic E-state index is 12.7. The van der Waals surface area contributed by atoms with E-state index in [0.29, 0.717) is 32.1 Å². The molecule has 0 radical (unpaired) electrons. The van der Waals surface area contributed by atoms with Crippen molar-refractivity contribution in [1.29, 1.82) is 0 Å². The third-order valence-corrected chi connectivity index (χ3v) is 13.1. The molecule has 5 unspecified atom stereocenters. The molecule has 1 aliphatic heterocycles. The predicted octanol–water partition coefficient (Wildman–Crippen LogP) is 1.56. The van der Waals surface area contributed by atoms with Gasteiger partial charge in [0.05, 0.1) is 36.6 Å². The molecule has 5 rings (SSSR count). The van der Waals surface area contributed by atoms with E-state index in [1.54, 1.807) is 0 Å². The fourth-order valence-corrected chi connectivity index (χ4v) is 11.0. The molecule has 5 aliphatic rings. The molecular weight excluding hydrogens is 608 g/mol. The molecule has 13 heteroatoms. The van der Waals surface area contributed by atoms with Crippen molar-refractivity contribution >= 4 is 10.4 Å². The smallest absolute Gasteiger partial charge is 0.393 e. The molecule has 4 aliphatic carbocycles. The van der Waals surface area contributed by atoms with Crippen molar-refractivity contribution < 1.29 is 57.3 Å². The molecule has 12 nitrogen and oxygen atoms in total. The molecule has 5 fully saturated rings. The third-order valence-electron chi connectivity index (χ3n) is 12.6. The second-order valence-corrected chi connectivity index (χ2v) is 16.7. The van der Waals surface area contributed by atoms with Crippen LogP contribution in [0, 0.1) is 46.3 Å². The largest absolute Gasteiger partial charge is 0.397 e. The Morgan fingerprint density at radius 3 is 2.22 bits per heavy atom. The molecule has 0 spiro atoms. The maximum atomic E-state index is 12.7. The number of hydrogen-bond acceptors (Lipinski definition) is 11. The Bertz CT molecular complexity index is 1200. The van der Waals surface area contributed by atoms with Crippen molar-refractivity contribution in [2.24, 2.45) is 46.3 Å². The van der Waals surface area contributed by atoms with Crippen molar-refractivity contribution in [2.45, 2.75) is 134 Å². The number of aliphatic hydroxyl groups is 6. The summed E-state index contributed by atoms with van der Waals surface area (Å²) in [5.41, 5.74) is -2.49. The molecule has 1 heterocycles. The van der Waals surface area contributed by atoms with E-state index in [4.69, 9.17) is 13.7 Å². The van der Waals surface area contributed by atoms with Gasteiger partial charge in [0, 0.05) is 12.3 Å². The highest BCUT2D eigenvalue weighted by molar-refractivity contribution is 7.80. The van der Waals surface area contributed by atoms with Gasteiger partial charge in [-0.2, -0.15) is 8.42 Å². The van der Waals surface area contributed by atoms with Crippen LogP contribution in [0.15, 0.2) is 12.2 Å². The first-order chi connectivity index (χ1) is 20.8. The molecule has 260 valence electrons. The third kappa shape index (κ3) is 6.41. The fraction of sp³-hybridized carbons (Fsp3) is 0.938. The van der Waals surface area contributed by atoms with E-state index in [2.05, 4.69) is 13.8 Å². The van der Waals surface area contributed by atoms with Crippen LogP contribution in [0.2, 0.25) is 0 Å². The lowest BCUT2D eigenvalue weighted by Crippen LogP contribution is -2.68. The van der Waals surface area contributed by atoms with E-state index in [1.807, 2.05) is 32.9 Å². The molecule has 4 saturated carbocycles. The normalized spacial score (nSPS) is 50.2. The topological polar surface area (TPSA) is 203 Å². The number of hydrogen-bond donors (Lipinski definition) is 7. The first-order valence-electron chi connectivity index (χ1n) is 16.6. The lowest BCUT2D eigenvalue weighted by Gasteiger charge is -2.66. The van der Waals surface area contributed by atoms with Crippen LogP contribution in [0.4, 0.5) is 0 Å². The summed E-state index contributed by atoms with van der Waals surface area (Å²) in [5.74, 6) is -1.45. The lowest BCUT2D eigenvalue weighted by atomic mass is 9.42. The van der Waals surface area contributed by atoms with E-state index in [0.717, 1.165) is 0 Å². The van der Waals surface area contributed by atoms with Crippen molar-refractivity contribution in [2.75, 3.05) is 6.61 Å². The summed E-state index contributed by atoms with van der Waals surface area (Å²) in [5, 5.41) is 64.8. The Morgan fingerprint density at radius 1 is 0.911 bits per heavy atom. The maximum Gasteiger partial charge on any atom is 0.397 e. The average molecular weight is 663 g/mol. The fourth-order valence-electron chi connectivity index (χ4n) is 10.5. The highest BCUT2D eigenvalue weighted by Crippen LogP contribution is 2.70. The van der Waals surface area contributed by atoms with Gasteiger partial charge in [0.1, 0.15) is 18.3 Å². The van der Waals surface area contributed by atoms with Gasteiger partial charge in [-0.05, 0) is 78.9 Å². The molecule has 0 aromatic carbocycles. The highest BCUT2D eigenvalue weighted by atomic mass is 32.3. The van der Waals surface area contributed by atoms with Crippen LogP contribution in [0.5, 0.6) is 0 Å². The molecule has 0 amide bonds. The quantitative estimate of drug-likeness (QED) is 0.146. The van der Waals surface area contributed by atoms with E-state index < -0.39 is 81.8 Å². The lowest BCUT2D eigenvalue weighted by molar-refractivity contribution is -0.280. The molecule has 1 saturated heterocycles. The molecule has 0 aromatic rings. The Kier molecular flexibility index (Phi) is 9.99. The van der Waals surface area contributed by atoms with Crippen molar-refractivity contribution in [3.05, 3.63) is 12.2 Å². The summed E-state index contributed by atoms with van der Waals surface area (Å²) in [4.78, 5) is 0. The minimum absolute atomic E-state index is 0.0424. The first-order valence-corrected chi connectivity index (χ1v) is 17.9. The van der Waals surface area contributed by atoms with Gasteiger partial charge in [-0.15, -0.1) is 0 Å². The van der Waals surface area contributed by atoms with Gasteiger partial charge in [0.25, 0.3) is 0 Å². The van der Waals surface area contributed by atoms with Crippen molar-refractivity contribution in [3.8, 4) is 0 Å². The second kappa shape index (κ2) is 12.6. The van der Waals surface area contributed by atoms with E-state index in [1.165, 1.54) is 0 Å². The summed E-state index contributed by atoms with van der Waals surface area (Å²) in [6.07, 6.45) is -0.890. The van der Waals surface area contributed by atoms with Gasteiger partial charge in [0.15, 0.2) is 6.29 Å². The number of rotatable bonds is 8. The van der Waals surface area contributed by atoms with Crippen LogP contribution in [-0.2, 0) is 24.1 Å². The van der Waals surface area contributed by atoms with Gasteiger partial charge in [0.2, 0.25) is 0 Å². The van der Waals surface area contributed by atoms with E-state index in [9.17, 15) is 43.6 Å². The Morgan fingerprint density at radius 2 is 1.58 bits per heavy atom. The number of allylic oxidation sites excluding steroid dienone is 1. The van der Waals surface area contributed by atoms with Crippen LogP contribution in [0.1, 0.15) is 79.6 Å². The van der Waals surface area contributed by atoms with Crippen LogP contribution in [0.3, 0.4) is 0 Å². The van der Waals surface area contributed by atoms with Crippen LogP contribution >= 0.6 is 0 Å². The van der Waals surface area contributed by atoms with Crippen LogP contribution in [0.25, 0.3) is 0 Å². The summed E-state index contributed by atoms with van der Waals surface area (Å²) in [7, 11) is -4.85. The van der Waals surface area contributed by atoms with E-state index in [-0.39, 0.29) is 49.0 Å². The Balaban J connectivity index is 1.42. The van der Waals surface area contributed by atoms with Gasteiger partial charge >= 0.3 is 10.4 Å². The molecule has 16 atom stereocenters. The monoisotopic (exact) mass is 662 g/mol. The van der Waals surface area contributed by atoms with Gasteiger partial charge in [-0.3, -0.25) is 4.55 Å². The number of ether oxygens (including phenoxy) is 2. The van der Waals surface area contributed by atoms with Crippen LogP contribution in [-0.4, -0.2) is 105 Å². The zero-order valence-electron chi connectivity index (χ0n) is 27.0. The van der Waals surface area contributed by atoms with Gasteiger partial charge in [-0.25, -0.2) is 4.18 Å². The Labute approximate surface area is 266 Å². The van der Waals surface area contributed by atoms with Crippen molar-refractivity contribution in [3.63, 3.8) is 0 Å². The molecular formula is C32H54O12S. The summed E-state index contributed by atoms with van der Waals surface area (Å²) < 4.78 is 50.9.